The molecule has 0 fully saturated rings. The van der Waals surface area contributed by atoms with Crippen LogP contribution in [0.15, 0.2) is 21.6 Å². The van der Waals surface area contributed by atoms with Gasteiger partial charge in [0.05, 0.1) is 7.11 Å². The SMILES string of the molecule is COc1cc(Br)cc(S(=O)(=O)Cl)n1. The highest BCUT2D eigenvalue weighted by Crippen LogP contribution is 2.22. The van der Waals surface area contributed by atoms with Crippen LogP contribution in [-0.2, 0) is 9.05 Å². The van der Waals surface area contributed by atoms with Crippen LogP contribution in [-0.4, -0.2) is 20.5 Å². The van der Waals surface area contributed by atoms with Crippen LogP contribution in [0.3, 0.4) is 0 Å². The monoisotopic (exact) mass is 285 g/mol. The van der Waals surface area contributed by atoms with Gasteiger partial charge in [-0.3, -0.25) is 0 Å². The second kappa shape index (κ2) is 3.81. The van der Waals surface area contributed by atoms with Crippen LogP contribution in [0.4, 0.5) is 0 Å². The van der Waals surface area contributed by atoms with E-state index in [1.165, 1.54) is 19.2 Å². The van der Waals surface area contributed by atoms with Crippen molar-refractivity contribution in [2.45, 2.75) is 5.03 Å². The van der Waals surface area contributed by atoms with Crippen LogP contribution in [0.5, 0.6) is 5.88 Å². The van der Waals surface area contributed by atoms with Gasteiger partial charge in [0.1, 0.15) is 0 Å². The first-order chi connectivity index (χ1) is 5.93. The molecule has 1 heterocycles. The van der Waals surface area contributed by atoms with Gasteiger partial charge in [0.25, 0.3) is 9.05 Å². The molecule has 0 radical (unpaired) electrons. The maximum absolute atomic E-state index is 10.9. The van der Waals surface area contributed by atoms with Crippen molar-refractivity contribution in [1.29, 1.82) is 0 Å². The van der Waals surface area contributed by atoms with Crippen molar-refractivity contribution >= 4 is 35.7 Å². The summed E-state index contributed by atoms with van der Waals surface area (Å²) in [5, 5.41) is -0.236. The minimum absolute atomic E-state index is 0.189. The largest absolute Gasteiger partial charge is 0.481 e. The predicted octanol–water partition coefficient (Wildman–Crippen LogP) is 1.78. The Bertz CT molecular complexity index is 420. The van der Waals surface area contributed by atoms with Gasteiger partial charge in [-0.1, -0.05) is 15.9 Å². The molecule has 0 saturated heterocycles. The highest BCUT2D eigenvalue weighted by atomic mass is 79.9. The Hall–Kier alpha value is -0.330. The van der Waals surface area contributed by atoms with E-state index < -0.39 is 9.05 Å². The number of methoxy groups -OCH3 is 1. The second-order valence-corrected chi connectivity index (χ2v) is 5.53. The predicted molar refractivity (Wildman–Crippen MR) is 51.5 cm³/mol. The Morgan fingerprint density at radius 3 is 2.62 bits per heavy atom. The Labute approximate surface area is 88.4 Å². The average molecular weight is 287 g/mol. The maximum atomic E-state index is 10.9. The van der Waals surface area contributed by atoms with Gasteiger partial charge in [0, 0.05) is 21.2 Å². The van der Waals surface area contributed by atoms with Crippen LogP contribution < -0.4 is 4.74 Å². The Balaban J connectivity index is 3.33. The first-order valence-corrected chi connectivity index (χ1v) is 6.20. The van der Waals surface area contributed by atoms with Crippen LogP contribution in [0.25, 0.3) is 0 Å². The summed E-state index contributed by atoms with van der Waals surface area (Å²) in [5.74, 6) is 0.189. The molecule has 0 amide bonds. The van der Waals surface area contributed by atoms with Crippen LogP contribution in [0.1, 0.15) is 0 Å². The van der Waals surface area contributed by atoms with Crippen molar-refractivity contribution in [1.82, 2.24) is 4.98 Å². The van der Waals surface area contributed by atoms with Gasteiger partial charge in [0.15, 0.2) is 5.03 Å². The molecule has 0 aromatic carbocycles. The average Bonchev–Trinajstić information content (AvgIpc) is 2.01. The minimum Gasteiger partial charge on any atom is -0.481 e. The zero-order chi connectivity index (χ0) is 10.1. The zero-order valence-electron chi connectivity index (χ0n) is 6.49. The van der Waals surface area contributed by atoms with E-state index >= 15 is 0 Å². The number of ether oxygens (including phenoxy) is 1. The number of hydrogen-bond acceptors (Lipinski definition) is 4. The third-order valence-electron chi connectivity index (χ3n) is 1.20. The molecule has 72 valence electrons. The molecule has 1 rings (SSSR count). The van der Waals surface area contributed by atoms with Gasteiger partial charge in [-0.2, -0.15) is 0 Å². The highest BCUT2D eigenvalue weighted by molar-refractivity contribution is 9.10. The smallest absolute Gasteiger partial charge is 0.278 e. The molecule has 0 N–H and O–H groups in total. The normalized spacial score (nSPS) is 11.3. The Morgan fingerprint density at radius 2 is 2.15 bits per heavy atom. The van der Waals surface area contributed by atoms with Crippen molar-refractivity contribution in [3.8, 4) is 5.88 Å². The number of rotatable bonds is 2. The summed E-state index contributed by atoms with van der Waals surface area (Å²) in [4.78, 5) is 3.65. The lowest BCUT2D eigenvalue weighted by atomic mass is 10.5. The van der Waals surface area contributed by atoms with Gasteiger partial charge in [-0.05, 0) is 6.07 Å². The third-order valence-corrected chi connectivity index (χ3v) is 2.84. The van der Waals surface area contributed by atoms with E-state index in [4.69, 9.17) is 15.4 Å². The molecule has 0 spiro atoms. The third kappa shape index (κ3) is 2.82. The lowest BCUT2D eigenvalue weighted by Crippen LogP contribution is -1.97. The first-order valence-electron chi connectivity index (χ1n) is 3.10. The van der Waals surface area contributed by atoms with E-state index in [-0.39, 0.29) is 10.9 Å². The fraction of sp³-hybridized carbons (Fsp3) is 0.167. The summed E-state index contributed by atoms with van der Waals surface area (Å²) in [6.07, 6.45) is 0. The molecule has 7 heteroatoms. The molecule has 13 heavy (non-hydrogen) atoms. The van der Waals surface area contributed by atoms with Crippen molar-refractivity contribution < 1.29 is 13.2 Å². The highest BCUT2D eigenvalue weighted by Gasteiger charge is 2.13. The topological polar surface area (TPSA) is 56.3 Å². The van der Waals surface area contributed by atoms with Gasteiger partial charge in [0.2, 0.25) is 5.88 Å². The summed E-state index contributed by atoms with van der Waals surface area (Å²) >= 11 is 3.10. The molecule has 4 nitrogen and oxygen atoms in total. The molecule has 0 unspecified atom stereocenters. The summed E-state index contributed by atoms with van der Waals surface area (Å²) < 4.78 is 27.1. The molecule has 1 aromatic rings. The summed E-state index contributed by atoms with van der Waals surface area (Å²) in [6, 6.07) is 2.83. The number of hydrogen-bond donors (Lipinski definition) is 0. The molecule has 0 saturated carbocycles. The Kier molecular flexibility index (Phi) is 3.15. The van der Waals surface area contributed by atoms with Crippen molar-refractivity contribution in [3.63, 3.8) is 0 Å². The molecule has 0 bridgehead atoms. The lowest BCUT2D eigenvalue weighted by Gasteiger charge is -2.01. The van der Waals surface area contributed by atoms with Crippen LogP contribution in [0, 0.1) is 0 Å². The molecule has 0 aliphatic rings. The number of pyridine rings is 1. The Morgan fingerprint density at radius 1 is 1.54 bits per heavy atom. The summed E-state index contributed by atoms with van der Waals surface area (Å²) in [5.41, 5.74) is 0. The zero-order valence-corrected chi connectivity index (χ0v) is 9.65. The molecule has 0 aliphatic heterocycles. The number of halogens is 2. The molecular formula is C6H5BrClNO3S. The van der Waals surface area contributed by atoms with Gasteiger partial charge in [-0.25, -0.2) is 13.4 Å². The number of nitrogens with zero attached hydrogens (tertiary/aromatic N) is 1. The van der Waals surface area contributed by atoms with Gasteiger partial charge >= 0.3 is 0 Å². The van der Waals surface area contributed by atoms with E-state index in [1.54, 1.807) is 0 Å². The van der Waals surface area contributed by atoms with E-state index in [2.05, 4.69) is 20.9 Å². The standard InChI is InChI=1S/C6H5BrClNO3S/c1-12-5-2-4(7)3-6(9-5)13(8,10)11/h2-3H,1H3. The van der Waals surface area contributed by atoms with E-state index in [9.17, 15) is 8.42 Å². The fourth-order valence-electron chi connectivity index (χ4n) is 0.680. The minimum atomic E-state index is -3.81. The van der Waals surface area contributed by atoms with Gasteiger partial charge in [-0.15, -0.1) is 0 Å². The van der Waals surface area contributed by atoms with E-state index in [0.29, 0.717) is 4.47 Å². The lowest BCUT2D eigenvalue weighted by molar-refractivity contribution is 0.393. The molecule has 1 aromatic heterocycles. The first kappa shape index (κ1) is 10.7. The summed E-state index contributed by atoms with van der Waals surface area (Å²) in [6.45, 7) is 0. The van der Waals surface area contributed by atoms with Crippen LogP contribution >= 0.6 is 26.6 Å². The quantitative estimate of drug-likeness (QED) is 0.778. The second-order valence-electron chi connectivity index (χ2n) is 2.10. The van der Waals surface area contributed by atoms with E-state index in [1.807, 2.05) is 0 Å². The number of aromatic nitrogens is 1. The van der Waals surface area contributed by atoms with E-state index in [0.717, 1.165) is 0 Å². The molecule has 0 aliphatic carbocycles. The molecular weight excluding hydrogens is 281 g/mol. The van der Waals surface area contributed by atoms with Crippen LogP contribution in [0.2, 0.25) is 0 Å². The van der Waals surface area contributed by atoms with Crippen molar-refractivity contribution in [2.24, 2.45) is 0 Å². The fourth-order valence-corrected chi connectivity index (χ4v) is 1.95. The molecule has 0 atom stereocenters. The summed E-state index contributed by atoms with van der Waals surface area (Å²) in [7, 11) is 2.67. The van der Waals surface area contributed by atoms with Gasteiger partial charge < -0.3 is 4.74 Å². The van der Waals surface area contributed by atoms with Crippen molar-refractivity contribution in [2.75, 3.05) is 7.11 Å². The maximum Gasteiger partial charge on any atom is 0.278 e. The van der Waals surface area contributed by atoms with Crippen molar-refractivity contribution in [3.05, 3.63) is 16.6 Å².